The fraction of sp³-hybridized carbons (Fsp3) is 0.111. The lowest BCUT2D eigenvalue weighted by Crippen LogP contribution is -2.28. The van der Waals surface area contributed by atoms with Crippen molar-refractivity contribution in [1.29, 1.82) is 5.26 Å². The van der Waals surface area contributed by atoms with E-state index in [0.29, 0.717) is 12.2 Å². The average molecular weight is 366 g/mol. The highest BCUT2D eigenvalue weighted by Crippen LogP contribution is 2.39. The van der Waals surface area contributed by atoms with E-state index in [9.17, 15) is 0 Å². The van der Waals surface area contributed by atoms with E-state index < -0.39 is 0 Å². The number of hydrogen-bond donors (Lipinski definition) is 1. The van der Waals surface area contributed by atoms with Gasteiger partial charge < -0.3 is 14.4 Å². The van der Waals surface area contributed by atoms with Gasteiger partial charge in [0, 0.05) is 22.2 Å². The largest absolute Gasteiger partial charge is 0.489 e. The van der Waals surface area contributed by atoms with Crippen LogP contribution in [0.3, 0.4) is 0 Å². The molecule has 1 aliphatic heterocycles. The maximum Gasteiger partial charge on any atom is 0.192 e. The SMILES string of the molecule is N#Cc1ccc(N2CCOc3cc(SNc4nccs4)ccc32)cc1. The van der Waals surface area contributed by atoms with Crippen LogP contribution in [0.5, 0.6) is 5.75 Å². The zero-order valence-electron chi connectivity index (χ0n) is 13.2. The van der Waals surface area contributed by atoms with E-state index in [1.165, 1.54) is 11.9 Å². The van der Waals surface area contributed by atoms with Crippen LogP contribution < -0.4 is 14.4 Å². The van der Waals surface area contributed by atoms with Crippen molar-refractivity contribution in [3.8, 4) is 11.8 Å². The van der Waals surface area contributed by atoms with E-state index in [1.807, 2.05) is 35.7 Å². The molecule has 0 atom stereocenters. The van der Waals surface area contributed by atoms with Gasteiger partial charge in [0.1, 0.15) is 12.4 Å². The Bertz CT molecular complexity index is 904. The van der Waals surface area contributed by atoms with Gasteiger partial charge in [0.05, 0.1) is 23.9 Å². The highest BCUT2D eigenvalue weighted by molar-refractivity contribution is 8.00. The van der Waals surface area contributed by atoms with Gasteiger partial charge in [-0.3, -0.25) is 0 Å². The van der Waals surface area contributed by atoms with Gasteiger partial charge in [0.2, 0.25) is 0 Å². The number of nitrogens with zero attached hydrogens (tertiary/aromatic N) is 3. The fourth-order valence-corrected chi connectivity index (χ4v) is 3.87. The lowest BCUT2D eigenvalue weighted by atomic mass is 10.1. The number of hydrogen-bond acceptors (Lipinski definition) is 7. The van der Waals surface area contributed by atoms with E-state index in [4.69, 9.17) is 10.00 Å². The standard InChI is InChI=1S/C18H14N4OS2/c19-12-13-1-3-14(4-2-13)22-8-9-23-17-11-15(5-6-16(17)22)25-21-18-20-7-10-24-18/h1-7,10-11H,8-9H2,(H,20,21). The molecule has 0 unspecified atom stereocenters. The highest BCUT2D eigenvalue weighted by Gasteiger charge is 2.20. The lowest BCUT2D eigenvalue weighted by Gasteiger charge is -2.31. The van der Waals surface area contributed by atoms with E-state index in [2.05, 4.69) is 32.8 Å². The number of ether oxygens (including phenoxy) is 1. The Balaban J connectivity index is 1.56. The predicted octanol–water partition coefficient (Wildman–Crippen LogP) is 4.66. The maximum absolute atomic E-state index is 8.95. The molecule has 1 aromatic heterocycles. The van der Waals surface area contributed by atoms with Crippen LogP contribution in [-0.2, 0) is 0 Å². The van der Waals surface area contributed by atoms with Crippen molar-refractivity contribution in [3.63, 3.8) is 0 Å². The molecule has 0 fully saturated rings. The summed E-state index contributed by atoms with van der Waals surface area (Å²) in [5.41, 5.74) is 2.76. The second kappa shape index (κ2) is 7.05. The third-order valence-electron chi connectivity index (χ3n) is 3.79. The van der Waals surface area contributed by atoms with E-state index in [0.717, 1.165) is 33.7 Å². The van der Waals surface area contributed by atoms with Crippen LogP contribution >= 0.6 is 23.3 Å². The second-order valence-electron chi connectivity index (χ2n) is 5.33. The second-order valence-corrected chi connectivity index (χ2v) is 7.10. The van der Waals surface area contributed by atoms with Crippen LogP contribution in [-0.4, -0.2) is 18.1 Å². The summed E-state index contributed by atoms with van der Waals surface area (Å²) in [6, 6.07) is 15.9. The zero-order valence-corrected chi connectivity index (χ0v) is 14.8. The van der Waals surface area contributed by atoms with E-state index in [-0.39, 0.29) is 0 Å². The first-order valence-electron chi connectivity index (χ1n) is 7.70. The number of aromatic nitrogens is 1. The van der Waals surface area contributed by atoms with Crippen molar-refractivity contribution in [2.75, 3.05) is 22.8 Å². The molecule has 0 radical (unpaired) electrons. The molecule has 4 rings (SSSR count). The molecule has 3 aromatic rings. The molecular weight excluding hydrogens is 352 g/mol. The van der Waals surface area contributed by atoms with Gasteiger partial charge >= 0.3 is 0 Å². The molecule has 1 aliphatic rings. The first-order valence-corrected chi connectivity index (χ1v) is 9.40. The van der Waals surface area contributed by atoms with Crippen LogP contribution in [0, 0.1) is 11.3 Å². The summed E-state index contributed by atoms with van der Waals surface area (Å²) in [4.78, 5) is 7.49. The average Bonchev–Trinajstić information content (AvgIpc) is 3.19. The summed E-state index contributed by atoms with van der Waals surface area (Å²) in [6.45, 7) is 1.41. The first-order chi connectivity index (χ1) is 12.3. The van der Waals surface area contributed by atoms with Gasteiger partial charge in [0.25, 0.3) is 0 Å². The lowest BCUT2D eigenvalue weighted by molar-refractivity contribution is 0.313. The molecule has 5 nitrogen and oxygen atoms in total. The molecule has 0 amide bonds. The number of nitrogens with one attached hydrogen (secondary N) is 1. The third kappa shape index (κ3) is 3.40. The number of rotatable bonds is 4. The normalized spacial score (nSPS) is 12.8. The minimum atomic E-state index is 0.626. The number of thiazole rings is 1. The van der Waals surface area contributed by atoms with Crippen LogP contribution in [0.1, 0.15) is 5.56 Å². The highest BCUT2D eigenvalue weighted by atomic mass is 32.2. The molecule has 0 saturated heterocycles. The number of nitriles is 1. The van der Waals surface area contributed by atoms with Gasteiger partial charge in [-0.15, -0.1) is 11.3 Å². The van der Waals surface area contributed by atoms with E-state index >= 15 is 0 Å². The minimum absolute atomic E-state index is 0.626. The topological polar surface area (TPSA) is 61.2 Å². The van der Waals surface area contributed by atoms with Crippen LogP contribution in [0.4, 0.5) is 16.5 Å². The summed E-state index contributed by atoms with van der Waals surface area (Å²) < 4.78 is 9.08. The van der Waals surface area contributed by atoms with Crippen molar-refractivity contribution in [2.24, 2.45) is 0 Å². The Morgan fingerprint density at radius 3 is 2.88 bits per heavy atom. The summed E-state index contributed by atoms with van der Waals surface area (Å²) in [5.74, 6) is 0.863. The zero-order chi connectivity index (χ0) is 17.1. The summed E-state index contributed by atoms with van der Waals surface area (Å²) in [5, 5.41) is 11.8. The number of anilines is 3. The quantitative estimate of drug-likeness (QED) is 0.678. The Morgan fingerprint density at radius 2 is 2.12 bits per heavy atom. The van der Waals surface area contributed by atoms with Gasteiger partial charge in [-0.1, -0.05) is 0 Å². The smallest absolute Gasteiger partial charge is 0.192 e. The van der Waals surface area contributed by atoms with Crippen molar-refractivity contribution in [1.82, 2.24) is 4.98 Å². The van der Waals surface area contributed by atoms with Gasteiger partial charge in [0.15, 0.2) is 5.13 Å². The van der Waals surface area contributed by atoms with Crippen molar-refractivity contribution in [2.45, 2.75) is 4.90 Å². The maximum atomic E-state index is 8.95. The molecule has 0 saturated carbocycles. The van der Waals surface area contributed by atoms with Crippen molar-refractivity contribution in [3.05, 3.63) is 59.6 Å². The Morgan fingerprint density at radius 1 is 1.24 bits per heavy atom. The monoisotopic (exact) mass is 366 g/mol. The Hall–Kier alpha value is -2.69. The number of fused-ring (bicyclic) bond motifs is 1. The molecule has 7 heteroatoms. The Labute approximate surface area is 154 Å². The molecule has 2 heterocycles. The van der Waals surface area contributed by atoms with Crippen molar-refractivity contribution < 1.29 is 4.74 Å². The molecule has 25 heavy (non-hydrogen) atoms. The van der Waals surface area contributed by atoms with Gasteiger partial charge in [-0.2, -0.15) is 5.26 Å². The van der Waals surface area contributed by atoms with Crippen molar-refractivity contribution >= 4 is 39.8 Å². The molecule has 0 spiro atoms. The number of benzene rings is 2. The van der Waals surface area contributed by atoms with Crippen LogP contribution in [0.2, 0.25) is 0 Å². The summed E-state index contributed by atoms with van der Waals surface area (Å²) >= 11 is 3.08. The predicted molar refractivity (Wildman–Crippen MR) is 102 cm³/mol. The first kappa shape index (κ1) is 15.8. The fourth-order valence-electron chi connectivity index (χ4n) is 2.62. The minimum Gasteiger partial charge on any atom is -0.489 e. The summed E-state index contributed by atoms with van der Waals surface area (Å²) in [7, 11) is 0. The van der Waals surface area contributed by atoms with Gasteiger partial charge in [-0.05, 0) is 54.4 Å². The van der Waals surface area contributed by atoms with E-state index in [1.54, 1.807) is 17.5 Å². The molecule has 1 N–H and O–H groups in total. The van der Waals surface area contributed by atoms with Crippen LogP contribution in [0.15, 0.2) is 58.9 Å². The Kier molecular flexibility index (Phi) is 4.46. The molecule has 0 bridgehead atoms. The molecular formula is C18H14N4OS2. The molecule has 2 aromatic carbocycles. The van der Waals surface area contributed by atoms with Gasteiger partial charge in [-0.25, -0.2) is 4.98 Å². The molecule has 0 aliphatic carbocycles. The molecule has 124 valence electrons. The third-order valence-corrected chi connectivity index (χ3v) is 5.39. The summed E-state index contributed by atoms with van der Waals surface area (Å²) in [6.07, 6.45) is 1.78. The van der Waals surface area contributed by atoms with Crippen LogP contribution in [0.25, 0.3) is 0 Å².